The molecule has 0 amide bonds. The zero-order valence-electron chi connectivity index (χ0n) is 19.2. The SMILES string of the molecule is Cn1cc(Cl)c(CCC(=O)c2cnn(C)c2C(=O)Cc2ccn3cc(-c4ccccc4)nc3n2)n1. The van der Waals surface area contributed by atoms with Gasteiger partial charge in [-0.25, -0.2) is 9.97 Å². The summed E-state index contributed by atoms with van der Waals surface area (Å²) in [4.78, 5) is 35.3. The van der Waals surface area contributed by atoms with E-state index in [1.165, 1.54) is 10.9 Å². The average Bonchev–Trinajstić information content (AvgIpc) is 3.53. The summed E-state index contributed by atoms with van der Waals surface area (Å²) in [5.74, 6) is 0.0750. The molecule has 1 aromatic carbocycles. The second-order valence-electron chi connectivity index (χ2n) is 8.27. The van der Waals surface area contributed by atoms with Crippen molar-refractivity contribution in [1.29, 1.82) is 0 Å². The maximum absolute atomic E-state index is 13.2. The van der Waals surface area contributed by atoms with Crippen molar-refractivity contribution in [3.63, 3.8) is 0 Å². The molecule has 0 aliphatic heterocycles. The van der Waals surface area contributed by atoms with E-state index in [2.05, 4.69) is 20.2 Å². The van der Waals surface area contributed by atoms with Gasteiger partial charge in [0.2, 0.25) is 5.78 Å². The molecule has 0 aliphatic carbocycles. The van der Waals surface area contributed by atoms with Crippen molar-refractivity contribution in [1.82, 2.24) is 33.9 Å². The molecular weight excluding hydrogens is 466 g/mol. The first kappa shape index (κ1) is 22.7. The Bertz CT molecular complexity index is 1550. The third-order valence-electron chi connectivity index (χ3n) is 5.74. The van der Waals surface area contributed by atoms with Crippen LogP contribution in [0.3, 0.4) is 0 Å². The largest absolute Gasteiger partial charge is 0.294 e. The van der Waals surface area contributed by atoms with Crippen molar-refractivity contribution < 1.29 is 9.59 Å². The number of nitrogens with zero attached hydrogens (tertiary/aromatic N) is 7. The van der Waals surface area contributed by atoms with E-state index in [0.29, 0.717) is 28.6 Å². The third kappa shape index (κ3) is 4.63. The molecule has 0 radical (unpaired) electrons. The van der Waals surface area contributed by atoms with Crippen LogP contribution in [0.5, 0.6) is 0 Å². The lowest BCUT2D eigenvalue weighted by atomic mass is 10.0. The first-order chi connectivity index (χ1) is 16.9. The summed E-state index contributed by atoms with van der Waals surface area (Å²) in [7, 11) is 3.42. The second-order valence-corrected chi connectivity index (χ2v) is 8.68. The van der Waals surface area contributed by atoms with Gasteiger partial charge < -0.3 is 0 Å². The molecule has 0 saturated carbocycles. The van der Waals surface area contributed by atoms with Gasteiger partial charge in [0.05, 0.1) is 40.3 Å². The van der Waals surface area contributed by atoms with Crippen LogP contribution in [0.2, 0.25) is 5.02 Å². The Labute approximate surface area is 206 Å². The van der Waals surface area contributed by atoms with Crippen molar-refractivity contribution in [2.45, 2.75) is 19.3 Å². The Morgan fingerprint density at radius 3 is 2.54 bits per heavy atom. The maximum Gasteiger partial charge on any atom is 0.234 e. The highest BCUT2D eigenvalue weighted by Gasteiger charge is 2.23. The Morgan fingerprint density at radius 2 is 1.80 bits per heavy atom. The summed E-state index contributed by atoms with van der Waals surface area (Å²) < 4.78 is 4.86. The van der Waals surface area contributed by atoms with Crippen LogP contribution >= 0.6 is 11.6 Å². The number of benzene rings is 1. The molecule has 4 heterocycles. The molecule has 9 nitrogen and oxygen atoms in total. The predicted molar refractivity (Wildman–Crippen MR) is 131 cm³/mol. The number of aromatic nitrogens is 7. The highest BCUT2D eigenvalue weighted by Crippen LogP contribution is 2.20. The molecule has 10 heteroatoms. The van der Waals surface area contributed by atoms with Gasteiger partial charge in [0.1, 0.15) is 5.69 Å². The zero-order chi connectivity index (χ0) is 24.5. The molecule has 0 fully saturated rings. The lowest BCUT2D eigenvalue weighted by Gasteiger charge is -2.05. The molecule has 0 unspecified atom stereocenters. The number of hydrogen-bond acceptors (Lipinski definition) is 6. The Morgan fingerprint density at radius 1 is 1.00 bits per heavy atom. The molecule has 176 valence electrons. The summed E-state index contributed by atoms with van der Waals surface area (Å²) in [6, 6.07) is 11.6. The molecule has 0 atom stereocenters. The first-order valence-electron chi connectivity index (χ1n) is 11.1. The van der Waals surface area contributed by atoms with E-state index >= 15 is 0 Å². The number of halogens is 1. The van der Waals surface area contributed by atoms with Gasteiger partial charge >= 0.3 is 0 Å². The fourth-order valence-electron chi connectivity index (χ4n) is 4.02. The van der Waals surface area contributed by atoms with Gasteiger partial charge in [-0.2, -0.15) is 10.2 Å². The highest BCUT2D eigenvalue weighted by atomic mass is 35.5. The van der Waals surface area contributed by atoms with E-state index < -0.39 is 0 Å². The van der Waals surface area contributed by atoms with Gasteiger partial charge in [-0.1, -0.05) is 41.9 Å². The number of imidazole rings is 1. The van der Waals surface area contributed by atoms with Gasteiger partial charge in [0.15, 0.2) is 11.6 Å². The highest BCUT2D eigenvalue weighted by molar-refractivity contribution is 6.31. The topological polar surface area (TPSA) is 100.0 Å². The number of fused-ring (bicyclic) bond motifs is 1. The molecule has 0 saturated heterocycles. The van der Waals surface area contributed by atoms with Gasteiger partial charge in [-0.3, -0.25) is 23.4 Å². The van der Waals surface area contributed by atoms with Crippen LogP contribution in [0.15, 0.2) is 61.2 Å². The zero-order valence-corrected chi connectivity index (χ0v) is 20.0. The van der Waals surface area contributed by atoms with E-state index in [9.17, 15) is 9.59 Å². The first-order valence-corrected chi connectivity index (χ1v) is 11.4. The number of carbonyl (C=O) groups is 2. The lowest BCUT2D eigenvalue weighted by molar-refractivity contribution is 0.0949. The van der Waals surface area contributed by atoms with Gasteiger partial charge in [-0.05, 0) is 6.07 Å². The average molecular weight is 488 g/mol. The van der Waals surface area contributed by atoms with Crippen LogP contribution in [-0.2, 0) is 26.9 Å². The van der Waals surface area contributed by atoms with Crippen molar-refractivity contribution in [2.24, 2.45) is 14.1 Å². The summed E-state index contributed by atoms with van der Waals surface area (Å²) >= 11 is 6.15. The maximum atomic E-state index is 13.2. The normalized spacial score (nSPS) is 11.3. The van der Waals surface area contributed by atoms with Crippen LogP contribution in [-0.4, -0.2) is 45.5 Å². The molecule has 4 aromatic heterocycles. The minimum absolute atomic E-state index is 0.0237. The number of carbonyl (C=O) groups excluding carboxylic acids is 2. The standard InChI is InChI=1S/C25H22ClN7O2/c1-31-14-19(26)20(30-31)8-9-22(34)18-13-27-32(2)24(18)23(35)12-17-10-11-33-15-21(29-25(33)28-17)16-6-4-3-5-7-16/h3-7,10-11,13-15H,8-9,12H2,1-2H3. The number of Topliss-reactive ketones (excluding diaryl/α,β-unsaturated/α-hetero) is 2. The summed E-state index contributed by atoms with van der Waals surface area (Å²) in [5, 5.41) is 8.94. The molecule has 5 aromatic rings. The smallest absolute Gasteiger partial charge is 0.234 e. The van der Waals surface area contributed by atoms with Crippen molar-refractivity contribution >= 4 is 28.9 Å². The Balaban J connectivity index is 1.34. The summed E-state index contributed by atoms with van der Waals surface area (Å²) in [5.41, 5.74) is 3.55. The predicted octanol–water partition coefficient (Wildman–Crippen LogP) is 3.76. The minimum Gasteiger partial charge on any atom is -0.294 e. The van der Waals surface area contributed by atoms with E-state index in [1.807, 2.05) is 47.1 Å². The molecule has 0 N–H and O–H groups in total. The van der Waals surface area contributed by atoms with Crippen molar-refractivity contribution in [2.75, 3.05) is 0 Å². The number of aryl methyl sites for hydroxylation is 3. The molecule has 5 rings (SSSR count). The fraction of sp³-hybridized carbons (Fsp3) is 0.200. The minimum atomic E-state index is -0.240. The van der Waals surface area contributed by atoms with Gasteiger partial charge in [0.25, 0.3) is 0 Å². The van der Waals surface area contributed by atoms with Crippen LogP contribution in [0, 0.1) is 0 Å². The summed E-state index contributed by atoms with van der Waals surface area (Å²) in [6.45, 7) is 0. The van der Waals surface area contributed by atoms with Crippen LogP contribution < -0.4 is 0 Å². The van der Waals surface area contributed by atoms with Crippen molar-refractivity contribution in [3.05, 3.63) is 88.9 Å². The second kappa shape index (κ2) is 9.27. The number of rotatable bonds is 8. The number of hydrogen-bond donors (Lipinski definition) is 0. The van der Waals surface area contributed by atoms with E-state index in [0.717, 1.165) is 11.3 Å². The molecular formula is C25H22ClN7O2. The van der Waals surface area contributed by atoms with E-state index in [-0.39, 0.29) is 35.7 Å². The van der Waals surface area contributed by atoms with Crippen LogP contribution in [0.4, 0.5) is 0 Å². The van der Waals surface area contributed by atoms with Gasteiger partial charge in [0, 0.05) is 51.1 Å². The van der Waals surface area contributed by atoms with E-state index in [4.69, 9.17) is 11.6 Å². The van der Waals surface area contributed by atoms with E-state index in [1.54, 1.807) is 31.0 Å². The Hall–Kier alpha value is -4.11. The third-order valence-corrected chi connectivity index (χ3v) is 6.06. The molecule has 0 bridgehead atoms. The quantitative estimate of drug-likeness (QED) is 0.309. The molecule has 0 spiro atoms. The monoisotopic (exact) mass is 487 g/mol. The molecule has 35 heavy (non-hydrogen) atoms. The fourth-order valence-corrected chi connectivity index (χ4v) is 4.29. The number of ketones is 2. The van der Waals surface area contributed by atoms with Crippen LogP contribution in [0.25, 0.3) is 17.0 Å². The van der Waals surface area contributed by atoms with Gasteiger partial charge in [-0.15, -0.1) is 0 Å². The lowest BCUT2D eigenvalue weighted by Crippen LogP contribution is -2.15. The van der Waals surface area contributed by atoms with Crippen LogP contribution in [0.1, 0.15) is 38.7 Å². The molecule has 0 aliphatic rings. The Kier molecular flexibility index (Phi) is 6.00. The van der Waals surface area contributed by atoms with Crippen molar-refractivity contribution in [3.8, 4) is 11.3 Å². The summed E-state index contributed by atoms with van der Waals surface area (Å²) in [6.07, 6.45) is 7.42.